The first-order chi connectivity index (χ1) is 30.0. The molecular weight excluding hydrogens is 773 g/mol. The van der Waals surface area contributed by atoms with E-state index < -0.39 is 0 Å². The third kappa shape index (κ3) is 4.69. The lowest BCUT2D eigenvalue weighted by atomic mass is 9.82. The van der Waals surface area contributed by atoms with Crippen LogP contribution in [0.25, 0.3) is 128 Å². The molecule has 0 saturated carbocycles. The summed E-state index contributed by atoms with van der Waals surface area (Å²) in [7, 11) is 0. The summed E-state index contributed by atoms with van der Waals surface area (Å²) in [5.41, 5.74) is 10.6. The molecule has 1 aliphatic rings. The maximum atomic E-state index is 2.45. The lowest BCUT2D eigenvalue weighted by Gasteiger charge is -2.21. The van der Waals surface area contributed by atoms with Crippen LogP contribution in [0.1, 0.15) is 25.0 Å². The van der Waals surface area contributed by atoms with E-state index in [2.05, 4.69) is 196 Å². The highest BCUT2D eigenvalue weighted by atomic mass is 32.1. The minimum Gasteiger partial charge on any atom is -0.135 e. The Morgan fingerprint density at radius 1 is 0.311 bits per heavy atom. The van der Waals surface area contributed by atoms with Crippen molar-refractivity contribution in [1.82, 2.24) is 0 Å². The van der Waals surface area contributed by atoms with Crippen LogP contribution in [0.5, 0.6) is 0 Å². The molecule has 13 aromatic rings. The summed E-state index contributed by atoms with van der Waals surface area (Å²) in [6, 6.07) is 69.3. The van der Waals surface area contributed by atoms with Crippen LogP contribution < -0.4 is 0 Å². The molecule has 2 aromatic heterocycles. The quantitative estimate of drug-likeness (QED) is 0.153. The van der Waals surface area contributed by atoms with Crippen LogP contribution in [0.3, 0.4) is 0 Å². The molecule has 0 atom stereocenters. The maximum absolute atomic E-state index is 2.45. The molecule has 284 valence electrons. The minimum absolute atomic E-state index is 0.0425. The molecule has 14 rings (SSSR count). The molecule has 2 heterocycles. The van der Waals surface area contributed by atoms with Crippen LogP contribution in [0, 0.1) is 0 Å². The molecule has 0 aliphatic heterocycles. The molecule has 0 spiro atoms. The van der Waals surface area contributed by atoms with Gasteiger partial charge in [0, 0.05) is 45.8 Å². The fraction of sp³-hybridized carbons (Fsp3) is 0.0508. The highest BCUT2D eigenvalue weighted by Gasteiger charge is 2.36. The molecule has 0 N–H and O–H groups in total. The fourth-order valence-electron chi connectivity index (χ4n) is 11.0. The van der Waals surface area contributed by atoms with Crippen molar-refractivity contribution >= 4 is 117 Å². The SMILES string of the molecule is CC1(C)c2ccc(-c3ccc4sc5ccc(-c6ccc7c(c6)c6ccccc6c6ccc8sc9cc%10ccccc%10cc9c8c67)cc5c4c3)cc2-c2c1ccc1ccccc21. The van der Waals surface area contributed by atoms with Gasteiger partial charge in [-0.3, -0.25) is 0 Å². The van der Waals surface area contributed by atoms with Gasteiger partial charge >= 0.3 is 0 Å². The zero-order valence-corrected chi connectivity index (χ0v) is 35.3. The molecule has 0 fully saturated rings. The molecule has 0 bridgehead atoms. The summed E-state index contributed by atoms with van der Waals surface area (Å²) in [6.45, 7) is 4.75. The van der Waals surface area contributed by atoms with E-state index in [1.807, 2.05) is 22.7 Å². The van der Waals surface area contributed by atoms with Crippen LogP contribution >= 0.6 is 22.7 Å². The normalized spacial score (nSPS) is 13.5. The Morgan fingerprint density at radius 2 is 0.836 bits per heavy atom. The molecule has 61 heavy (non-hydrogen) atoms. The molecule has 0 amide bonds. The van der Waals surface area contributed by atoms with Crippen molar-refractivity contribution in [1.29, 1.82) is 0 Å². The zero-order valence-electron chi connectivity index (χ0n) is 33.6. The standard InChI is InChI=1S/C59H36S2/c1-59(2)50-22-17-37(30-48(50)56-40-12-6-5-9-33(40)16-23-51(56)59)39-19-25-53-47(29-39)46-28-38(18-24-52(46)60-53)36-15-20-44-45(27-36)42-14-8-7-13-41(42)43-21-26-54-58(57(43)44)49-31-34-10-3-4-11-35(34)32-55(49)61-54/h3-32H,1-2H3. The van der Waals surface area contributed by atoms with E-state index in [1.165, 1.54) is 139 Å². The summed E-state index contributed by atoms with van der Waals surface area (Å²) in [5.74, 6) is 0. The van der Waals surface area contributed by atoms with Gasteiger partial charge in [0.1, 0.15) is 0 Å². The van der Waals surface area contributed by atoms with E-state index in [9.17, 15) is 0 Å². The number of thiophene rings is 2. The predicted octanol–water partition coefficient (Wildman–Crippen LogP) is 17.8. The Balaban J connectivity index is 0.938. The van der Waals surface area contributed by atoms with Crippen LogP contribution in [0.2, 0.25) is 0 Å². The molecule has 0 nitrogen and oxygen atoms in total. The van der Waals surface area contributed by atoms with E-state index in [0.29, 0.717) is 0 Å². The van der Waals surface area contributed by atoms with Crippen LogP contribution in [0.15, 0.2) is 182 Å². The second kappa shape index (κ2) is 12.1. The van der Waals surface area contributed by atoms with Gasteiger partial charge in [0.15, 0.2) is 0 Å². The summed E-state index contributed by atoms with van der Waals surface area (Å²) < 4.78 is 5.33. The van der Waals surface area contributed by atoms with E-state index in [4.69, 9.17) is 0 Å². The Bertz CT molecular complexity index is 4080. The first kappa shape index (κ1) is 33.9. The Kier molecular flexibility index (Phi) is 6.75. The van der Waals surface area contributed by atoms with Gasteiger partial charge in [-0.05, 0) is 153 Å². The number of hydrogen-bond acceptors (Lipinski definition) is 2. The third-order valence-electron chi connectivity index (χ3n) is 14.0. The zero-order chi connectivity index (χ0) is 40.1. The lowest BCUT2D eigenvalue weighted by molar-refractivity contribution is 0.661. The van der Waals surface area contributed by atoms with Gasteiger partial charge in [-0.15, -0.1) is 22.7 Å². The van der Waals surface area contributed by atoms with Gasteiger partial charge in [-0.2, -0.15) is 0 Å². The fourth-order valence-corrected chi connectivity index (χ4v) is 13.2. The Morgan fingerprint density at radius 3 is 1.59 bits per heavy atom. The van der Waals surface area contributed by atoms with Gasteiger partial charge in [0.2, 0.25) is 0 Å². The first-order valence-corrected chi connectivity index (χ1v) is 22.9. The number of fused-ring (bicyclic) bond motifs is 19. The smallest absolute Gasteiger partial charge is 0.0362 e. The van der Waals surface area contributed by atoms with Gasteiger partial charge in [-0.1, -0.05) is 141 Å². The first-order valence-electron chi connectivity index (χ1n) is 21.2. The van der Waals surface area contributed by atoms with Crippen molar-refractivity contribution in [2.45, 2.75) is 19.3 Å². The highest BCUT2D eigenvalue weighted by Crippen LogP contribution is 2.53. The van der Waals surface area contributed by atoms with Crippen molar-refractivity contribution in [3.8, 4) is 33.4 Å². The average Bonchev–Trinajstić information content (AvgIpc) is 3.94. The van der Waals surface area contributed by atoms with Gasteiger partial charge in [-0.25, -0.2) is 0 Å². The van der Waals surface area contributed by atoms with Gasteiger partial charge in [0.05, 0.1) is 0 Å². The topological polar surface area (TPSA) is 0 Å². The Hall–Kier alpha value is -6.84. The van der Waals surface area contributed by atoms with E-state index in [-0.39, 0.29) is 5.41 Å². The second-order valence-corrected chi connectivity index (χ2v) is 19.8. The third-order valence-corrected chi connectivity index (χ3v) is 16.3. The van der Waals surface area contributed by atoms with Gasteiger partial charge < -0.3 is 0 Å². The highest BCUT2D eigenvalue weighted by molar-refractivity contribution is 7.26. The van der Waals surface area contributed by atoms with Crippen LogP contribution in [-0.2, 0) is 5.41 Å². The lowest BCUT2D eigenvalue weighted by Crippen LogP contribution is -2.14. The number of hydrogen-bond donors (Lipinski definition) is 0. The summed E-state index contributed by atoms with van der Waals surface area (Å²) in [4.78, 5) is 0. The molecule has 11 aromatic carbocycles. The molecule has 2 heteroatoms. The molecule has 1 aliphatic carbocycles. The summed E-state index contributed by atoms with van der Waals surface area (Å²) in [6.07, 6.45) is 0. The van der Waals surface area contributed by atoms with E-state index in [0.717, 1.165) is 0 Å². The van der Waals surface area contributed by atoms with Crippen LogP contribution in [0.4, 0.5) is 0 Å². The van der Waals surface area contributed by atoms with E-state index in [1.54, 1.807) is 0 Å². The minimum atomic E-state index is -0.0425. The monoisotopic (exact) mass is 808 g/mol. The van der Waals surface area contributed by atoms with E-state index >= 15 is 0 Å². The van der Waals surface area contributed by atoms with Gasteiger partial charge in [0.25, 0.3) is 0 Å². The predicted molar refractivity (Wildman–Crippen MR) is 268 cm³/mol. The molecule has 0 radical (unpaired) electrons. The van der Waals surface area contributed by atoms with Crippen molar-refractivity contribution < 1.29 is 0 Å². The maximum Gasteiger partial charge on any atom is 0.0362 e. The second-order valence-electron chi connectivity index (χ2n) is 17.6. The summed E-state index contributed by atoms with van der Waals surface area (Å²) in [5, 5.41) is 18.5. The van der Waals surface area contributed by atoms with Crippen molar-refractivity contribution in [2.24, 2.45) is 0 Å². The molecular formula is C59H36S2. The van der Waals surface area contributed by atoms with Crippen molar-refractivity contribution in [3.05, 3.63) is 193 Å². The number of rotatable bonds is 2. The average molecular weight is 809 g/mol. The van der Waals surface area contributed by atoms with Crippen molar-refractivity contribution in [2.75, 3.05) is 0 Å². The van der Waals surface area contributed by atoms with Crippen molar-refractivity contribution in [3.63, 3.8) is 0 Å². The number of benzene rings is 11. The Labute approximate surface area is 360 Å². The molecule has 0 saturated heterocycles. The molecule has 0 unspecified atom stereocenters. The summed E-state index contributed by atoms with van der Waals surface area (Å²) >= 11 is 3.80. The largest absolute Gasteiger partial charge is 0.135 e. The van der Waals surface area contributed by atoms with Crippen LogP contribution in [-0.4, -0.2) is 0 Å².